The lowest BCUT2D eigenvalue weighted by Crippen LogP contribution is -1.99. The van der Waals surface area contributed by atoms with Crippen LogP contribution in [0.15, 0.2) is 18.3 Å². The molecule has 18 heavy (non-hydrogen) atoms. The molecule has 0 spiro atoms. The van der Waals surface area contributed by atoms with E-state index in [0.29, 0.717) is 5.15 Å². The summed E-state index contributed by atoms with van der Waals surface area (Å²) in [7, 11) is 0. The smallest absolute Gasteiger partial charge is 0.164 e. The van der Waals surface area contributed by atoms with Crippen molar-refractivity contribution in [2.24, 2.45) is 0 Å². The lowest BCUT2D eigenvalue weighted by molar-refractivity contribution is 0.833. The Morgan fingerprint density at radius 3 is 2.94 bits per heavy atom. The van der Waals surface area contributed by atoms with Gasteiger partial charge in [0.15, 0.2) is 10.8 Å². The Labute approximate surface area is 110 Å². The van der Waals surface area contributed by atoms with Crippen LogP contribution in [0.4, 0.5) is 0 Å². The fourth-order valence-electron chi connectivity index (χ4n) is 2.26. The molecule has 0 saturated carbocycles. The molecule has 0 unspecified atom stereocenters. The molecule has 0 fully saturated rings. The average Bonchev–Trinajstić information content (AvgIpc) is 2.68. The van der Waals surface area contributed by atoms with Gasteiger partial charge in [0.05, 0.1) is 5.69 Å². The van der Waals surface area contributed by atoms with Crippen LogP contribution in [-0.4, -0.2) is 19.4 Å². The van der Waals surface area contributed by atoms with Crippen molar-refractivity contribution in [2.45, 2.75) is 26.7 Å². The number of imidazole rings is 1. The van der Waals surface area contributed by atoms with Crippen LogP contribution in [-0.2, 0) is 6.42 Å². The molecule has 0 N–H and O–H groups in total. The molecule has 0 amide bonds. The van der Waals surface area contributed by atoms with E-state index in [9.17, 15) is 0 Å². The van der Waals surface area contributed by atoms with Crippen LogP contribution in [0.3, 0.4) is 0 Å². The summed E-state index contributed by atoms with van der Waals surface area (Å²) in [5.74, 6) is 0.998. The molecule has 3 heterocycles. The van der Waals surface area contributed by atoms with Crippen molar-refractivity contribution < 1.29 is 0 Å². The molecule has 3 aromatic heterocycles. The van der Waals surface area contributed by atoms with Crippen LogP contribution < -0.4 is 0 Å². The first-order valence-electron chi connectivity index (χ1n) is 6.00. The summed E-state index contributed by atoms with van der Waals surface area (Å²) in [6, 6.07) is 3.78. The number of halogens is 1. The molecule has 0 aliphatic carbocycles. The SMILES string of the molecule is CCCc1nc(C)c2c(Cl)nc3cccnc3n12. The molecular formula is C13H13ClN4. The fourth-order valence-corrected chi connectivity index (χ4v) is 2.57. The van der Waals surface area contributed by atoms with Gasteiger partial charge in [0.25, 0.3) is 0 Å². The number of pyridine rings is 1. The molecule has 3 rings (SSSR count). The highest BCUT2D eigenvalue weighted by Gasteiger charge is 2.15. The molecule has 0 aromatic carbocycles. The molecule has 0 aliphatic heterocycles. The van der Waals surface area contributed by atoms with Gasteiger partial charge in [0, 0.05) is 12.6 Å². The van der Waals surface area contributed by atoms with Crippen molar-refractivity contribution in [3.8, 4) is 0 Å². The number of hydrogen-bond donors (Lipinski definition) is 0. The summed E-state index contributed by atoms with van der Waals surface area (Å²) in [5.41, 5.74) is 3.39. The minimum Gasteiger partial charge on any atom is -0.276 e. The molecule has 3 aromatic rings. The Kier molecular flexibility index (Phi) is 2.67. The number of aromatic nitrogens is 4. The van der Waals surface area contributed by atoms with E-state index in [-0.39, 0.29) is 0 Å². The highest BCUT2D eigenvalue weighted by atomic mass is 35.5. The maximum absolute atomic E-state index is 6.26. The molecule has 5 heteroatoms. The van der Waals surface area contributed by atoms with E-state index >= 15 is 0 Å². The summed E-state index contributed by atoms with van der Waals surface area (Å²) >= 11 is 6.26. The van der Waals surface area contributed by atoms with E-state index in [1.807, 2.05) is 23.5 Å². The lowest BCUT2D eigenvalue weighted by Gasteiger charge is -2.05. The number of hydrogen-bond acceptors (Lipinski definition) is 3. The molecule has 0 radical (unpaired) electrons. The first-order chi connectivity index (χ1) is 8.72. The Bertz CT molecular complexity index is 733. The van der Waals surface area contributed by atoms with Crippen LogP contribution in [0.5, 0.6) is 0 Å². The first kappa shape index (κ1) is 11.4. The second-order valence-electron chi connectivity index (χ2n) is 4.30. The van der Waals surface area contributed by atoms with Crippen LogP contribution in [0.2, 0.25) is 5.15 Å². The number of fused-ring (bicyclic) bond motifs is 3. The Morgan fingerprint density at radius 1 is 1.33 bits per heavy atom. The molecule has 0 bridgehead atoms. The summed E-state index contributed by atoms with van der Waals surface area (Å²) < 4.78 is 2.03. The van der Waals surface area contributed by atoms with E-state index < -0.39 is 0 Å². The maximum Gasteiger partial charge on any atom is 0.164 e. The zero-order valence-electron chi connectivity index (χ0n) is 10.3. The average molecular weight is 261 g/mol. The van der Waals surface area contributed by atoms with Crippen molar-refractivity contribution in [1.82, 2.24) is 19.4 Å². The maximum atomic E-state index is 6.26. The quantitative estimate of drug-likeness (QED) is 0.711. The minimum absolute atomic E-state index is 0.489. The second kappa shape index (κ2) is 4.21. The zero-order chi connectivity index (χ0) is 12.7. The van der Waals surface area contributed by atoms with E-state index in [0.717, 1.165) is 41.0 Å². The summed E-state index contributed by atoms with van der Waals surface area (Å²) in [6.07, 6.45) is 3.70. The third-order valence-electron chi connectivity index (χ3n) is 2.99. The number of aryl methyl sites for hydroxylation is 2. The van der Waals surface area contributed by atoms with Crippen molar-refractivity contribution in [3.63, 3.8) is 0 Å². The second-order valence-corrected chi connectivity index (χ2v) is 4.65. The van der Waals surface area contributed by atoms with Gasteiger partial charge >= 0.3 is 0 Å². The van der Waals surface area contributed by atoms with E-state index in [1.165, 1.54) is 0 Å². The summed E-state index contributed by atoms with van der Waals surface area (Å²) in [5, 5.41) is 0.489. The van der Waals surface area contributed by atoms with Gasteiger partial charge in [-0.2, -0.15) is 0 Å². The van der Waals surface area contributed by atoms with E-state index in [1.54, 1.807) is 6.20 Å². The number of rotatable bonds is 2. The van der Waals surface area contributed by atoms with Gasteiger partial charge in [-0.25, -0.2) is 15.0 Å². The third-order valence-corrected chi connectivity index (χ3v) is 3.25. The van der Waals surface area contributed by atoms with E-state index in [4.69, 9.17) is 11.6 Å². The zero-order valence-corrected chi connectivity index (χ0v) is 11.1. The lowest BCUT2D eigenvalue weighted by atomic mass is 10.3. The standard InChI is InChI=1S/C13H13ClN4/c1-3-5-10-16-8(2)11-12(14)17-9-6-4-7-15-13(9)18(10)11/h4,6-7H,3,5H2,1-2H3. The van der Waals surface area contributed by atoms with Gasteiger partial charge in [-0.3, -0.25) is 4.40 Å². The van der Waals surface area contributed by atoms with Gasteiger partial charge in [-0.1, -0.05) is 18.5 Å². The first-order valence-corrected chi connectivity index (χ1v) is 6.38. The van der Waals surface area contributed by atoms with Crippen LogP contribution >= 0.6 is 11.6 Å². The van der Waals surface area contributed by atoms with Crippen molar-refractivity contribution in [2.75, 3.05) is 0 Å². The Hall–Kier alpha value is -1.68. The topological polar surface area (TPSA) is 43.1 Å². The van der Waals surface area contributed by atoms with Gasteiger partial charge in [-0.05, 0) is 25.5 Å². The highest BCUT2D eigenvalue weighted by Crippen LogP contribution is 2.25. The van der Waals surface area contributed by atoms with Crippen molar-refractivity contribution in [3.05, 3.63) is 35.0 Å². The van der Waals surface area contributed by atoms with Crippen molar-refractivity contribution >= 4 is 28.3 Å². The molecule has 0 saturated heterocycles. The Balaban J connectivity index is 2.52. The normalized spacial score (nSPS) is 11.5. The van der Waals surface area contributed by atoms with Crippen molar-refractivity contribution in [1.29, 1.82) is 0 Å². The molecular weight excluding hydrogens is 248 g/mol. The predicted octanol–water partition coefficient (Wildman–Crippen LogP) is 3.19. The van der Waals surface area contributed by atoms with E-state index in [2.05, 4.69) is 21.9 Å². The third kappa shape index (κ3) is 1.56. The molecule has 92 valence electrons. The monoisotopic (exact) mass is 260 g/mol. The van der Waals surface area contributed by atoms with Crippen LogP contribution in [0, 0.1) is 6.92 Å². The minimum atomic E-state index is 0.489. The molecule has 0 atom stereocenters. The Morgan fingerprint density at radius 2 is 2.17 bits per heavy atom. The number of nitrogens with zero attached hydrogens (tertiary/aromatic N) is 4. The largest absolute Gasteiger partial charge is 0.276 e. The van der Waals surface area contributed by atoms with Gasteiger partial charge in [0.2, 0.25) is 0 Å². The summed E-state index contributed by atoms with van der Waals surface area (Å²) in [6.45, 7) is 4.09. The van der Waals surface area contributed by atoms with Gasteiger partial charge < -0.3 is 0 Å². The fraction of sp³-hybridized carbons (Fsp3) is 0.308. The highest BCUT2D eigenvalue weighted by molar-refractivity contribution is 6.33. The predicted molar refractivity (Wildman–Crippen MR) is 72.0 cm³/mol. The summed E-state index contributed by atoms with van der Waals surface area (Å²) in [4.78, 5) is 13.4. The van der Waals surface area contributed by atoms with Gasteiger partial charge in [-0.15, -0.1) is 0 Å². The molecule has 0 aliphatic rings. The van der Waals surface area contributed by atoms with Crippen LogP contribution in [0.1, 0.15) is 24.9 Å². The van der Waals surface area contributed by atoms with Gasteiger partial charge in [0.1, 0.15) is 16.9 Å². The van der Waals surface area contributed by atoms with Crippen LogP contribution in [0.25, 0.3) is 16.7 Å². The molecule has 4 nitrogen and oxygen atoms in total.